The Morgan fingerprint density at radius 1 is 1.15 bits per heavy atom. The van der Waals surface area contributed by atoms with Gasteiger partial charge in [0.05, 0.1) is 13.7 Å². The number of amides is 2. The first kappa shape index (κ1) is 18.6. The van der Waals surface area contributed by atoms with E-state index in [9.17, 15) is 9.59 Å². The fourth-order valence-electron chi connectivity index (χ4n) is 2.86. The van der Waals surface area contributed by atoms with Crippen molar-refractivity contribution in [3.8, 4) is 17.2 Å². The number of methoxy groups -OCH3 is 1. The summed E-state index contributed by atoms with van der Waals surface area (Å²) in [5.74, 6) is 1.57. The molecule has 0 fully saturated rings. The Morgan fingerprint density at radius 2 is 1.93 bits per heavy atom. The third-order valence-corrected chi connectivity index (χ3v) is 4.28. The van der Waals surface area contributed by atoms with Gasteiger partial charge in [-0.1, -0.05) is 18.2 Å². The van der Waals surface area contributed by atoms with Crippen LogP contribution in [0.4, 0.5) is 5.69 Å². The average molecular weight is 370 g/mol. The Kier molecular flexibility index (Phi) is 5.80. The minimum Gasteiger partial charge on any atom is -0.496 e. The Balaban J connectivity index is 1.58. The summed E-state index contributed by atoms with van der Waals surface area (Å²) in [6.45, 7) is 2.02. The number of fused-ring (bicyclic) bond motifs is 1. The molecule has 0 aromatic heterocycles. The number of rotatable bonds is 7. The quantitative estimate of drug-likeness (QED) is 0.810. The van der Waals surface area contributed by atoms with Crippen LogP contribution in [0.5, 0.6) is 17.2 Å². The lowest BCUT2D eigenvalue weighted by Crippen LogP contribution is -2.38. The zero-order valence-corrected chi connectivity index (χ0v) is 15.4. The summed E-state index contributed by atoms with van der Waals surface area (Å²) >= 11 is 0. The van der Waals surface area contributed by atoms with E-state index in [4.69, 9.17) is 14.2 Å². The molecule has 1 heterocycles. The summed E-state index contributed by atoms with van der Waals surface area (Å²) in [6, 6.07) is 12.8. The van der Waals surface area contributed by atoms with Gasteiger partial charge in [-0.15, -0.1) is 0 Å². The second-order valence-corrected chi connectivity index (χ2v) is 6.12. The highest BCUT2D eigenvalue weighted by Crippen LogP contribution is 2.34. The van der Waals surface area contributed by atoms with Gasteiger partial charge < -0.3 is 24.4 Å². The Bertz CT molecular complexity index is 837. The van der Waals surface area contributed by atoms with E-state index in [2.05, 4.69) is 5.32 Å². The monoisotopic (exact) mass is 370 g/mol. The molecular weight excluding hydrogens is 348 g/mol. The molecule has 0 spiro atoms. The van der Waals surface area contributed by atoms with Crippen LogP contribution in [-0.4, -0.2) is 43.7 Å². The molecule has 7 heteroatoms. The lowest BCUT2D eigenvalue weighted by Gasteiger charge is -2.21. The normalized spacial score (nSPS) is 11.8. The van der Waals surface area contributed by atoms with Crippen LogP contribution < -0.4 is 19.5 Å². The van der Waals surface area contributed by atoms with E-state index in [0.29, 0.717) is 30.2 Å². The molecule has 1 N–H and O–H groups in total. The Morgan fingerprint density at radius 3 is 2.70 bits per heavy atom. The SMILES string of the molecule is COc1ccccc1CCN(CC(=O)Nc1ccc2c(c1)OCO2)C(C)=O. The van der Waals surface area contributed by atoms with Crippen molar-refractivity contribution in [2.24, 2.45) is 0 Å². The summed E-state index contributed by atoms with van der Waals surface area (Å²) in [7, 11) is 1.61. The van der Waals surface area contributed by atoms with Crippen LogP contribution >= 0.6 is 0 Å². The number of hydrogen-bond donors (Lipinski definition) is 1. The van der Waals surface area contributed by atoms with E-state index in [1.807, 2.05) is 24.3 Å². The van der Waals surface area contributed by atoms with Gasteiger partial charge in [-0.2, -0.15) is 0 Å². The first-order valence-electron chi connectivity index (χ1n) is 8.63. The van der Waals surface area contributed by atoms with Crippen molar-refractivity contribution < 1.29 is 23.8 Å². The van der Waals surface area contributed by atoms with Crippen molar-refractivity contribution in [3.63, 3.8) is 0 Å². The molecule has 3 rings (SSSR count). The summed E-state index contributed by atoms with van der Waals surface area (Å²) in [4.78, 5) is 25.8. The fraction of sp³-hybridized carbons (Fsp3) is 0.300. The number of benzene rings is 2. The van der Waals surface area contributed by atoms with Gasteiger partial charge in [0.2, 0.25) is 18.6 Å². The summed E-state index contributed by atoms with van der Waals surface area (Å²) in [5, 5.41) is 2.78. The van der Waals surface area contributed by atoms with Gasteiger partial charge in [-0.05, 0) is 30.2 Å². The first-order chi connectivity index (χ1) is 13.1. The molecule has 0 saturated carbocycles. The molecule has 0 saturated heterocycles. The minimum atomic E-state index is -0.274. The third-order valence-electron chi connectivity index (χ3n) is 4.28. The third kappa shape index (κ3) is 4.69. The largest absolute Gasteiger partial charge is 0.496 e. The van der Waals surface area contributed by atoms with Crippen molar-refractivity contribution in [1.82, 2.24) is 4.90 Å². The maximum Gasteiger partial charge on any atom is 0.243 e. The van der Waals surface area contributed by atoms with Crippen molar-refractivity contribution in [2.45, 2.75) is 13.3 Å². The number of ether oxygens (including phenoxy) is 3. The molecule has 2 amide bonds. The molecule has 27 heavy (non-hydrogen) atoms. The van der Waals surface area contributed by atoms with Gasteiger partial charge in [0.15, 0.2) is 11.5 Å². The van der Waals surface area contributed by atoms with Gasteiger partial charge in [0.25, 0.3) is 0 Å². The van der Waals surface area contributed by atoms with E-state index < -0.39 is 0 Å². The Hall–Kier alpha value is -3.22. The van der Waals surface area contributed by atoms with E-state index in [-0.39, 0.29) is 25.2 Å². The molecule has 0 radical (unpaired) electrons. The van der Waals surface area contributed by atoms with E-state index >= 15 is 0 Å². The maximum atomic E-state index is 12.4. The summed E-state index contributed by atoms with van der Waals surface area (Å²) in [5.41, 5.74) is 1.58. The van der Waals surface area contributed by atoms with Crippen LogP contribution in [0.25, 0.3) is 0 Å². The van der Waals surface area contributed by atoms with Gasteiger partial charge in [0.1, 0.15) is 5.75 Å². The number of para-hydroxylation sites is 1. The Labute approximate surface area is 157 Å². The number of nitrogens with zero attached hydrogens (tertiary/aromatic N) is 1. The molecule has 0 unspecified atom stereocenters. The molecule has 142 valence electrons. The number of anilines is 1. The molecule has 0 atom stereocenters. The second-order valence-electron chi connectivity index (χ2n) is 6.12. The minimum absolute atomic E-state index is 0.0288. The van der Waals surface area contributed by atoms with Crippen LogP contribution in [0.1, 0.15) is 12.5 Å². The molecule has 2 aromatic carbocycles. The smallest absolute Gasteiger partial charge is 0.243 e. The highest BCUT2D eigenvalue weighted by Gasteiger charge is 2.17. The standard InChI is InChI=1S/C20H22N2O5/c1-14(23)22(10-9-15-5-3-4-6-17(15)25-2)12-20(24)21-16-7-8-18-19(11-16)27-13-26-18/h3-8,11H,9-10,12-13H2,1-2H3,(H,21,24). The zero-order valence-electron chi connectivity index (χ0n) is 15.4. The molecule has 2 aromatic rings. The van der Waals surface area contributed by atoms with Gasteiger partial charge in [0, 0.05) is 25.2 Å². The van der Waals surface area contributed by atoms with Crippen LogP contribution in [0.15, 0.2) is 42.5 Å². The number of carbonyl (C=O) groups excluding carboxylic acids is 2. The van der Waals surface area contributed by atoms with Crippen LogP contribution in [0, 0.1) is 0 Å². The van der Waals surface area contributed by atoms with Gasteiger partial charge >= 0.3 is 0 Å². The van der Waals surface area contributed by atoms with E-state index in [0.717, 1.165) is 11.3 Å². The highest BCUT2D eigenvalue weighted by atomic mass is 16.7. The lowest BCUT2D eigenvalue weighted by atomic mass is 10.1. The lowest BCUT2D eigenvalue weighted by molar-refractivity contribution is -0.132. The van der Waals surface area contributed by atoms with Crippen molar-refractivity contribution in [1.29, 1.82) is 0 Å². The predicted octanol–water partition coefficient (Wildman–Crippen LogP) is 2.45. The second kappa shape index (κ2) is 8.44. The van der Waals surface area contributed by atoms with Crippen LogP contribution in [-0.2, 0) is 16.0 Å². The predicted molar refractivity (Wildman–Crippen MR) is 100 cm³/mol. The van der Waals surface area contributed by atoms with Crippen molar-refractivity contribution in [2.75, 3.05) is 32.3 Å². The molecule has 0 bridgehead atoms. The molecular formula is C20H22N2O5. The summed E-state index contributed by atoms with van der Waals surface area (Å²) in [6.07, 6.45) is 0.598. The van der Waals surface area contributed by atoms with Crippen LogP contribution in [0.2, 0.25) is 0 Å². The number of carbonyl (C=O) groups is 2. The summed E-state index contributed by atoms with van der Waals surface area (Å²) < 4.78 is 15.9. The first-order valence-corrected chi connectivity index (χ1v) is 8.63. The maximum absolute atomic E-state index is 12.4. The number of nitrogens with one attached hydrogen (secondary N) is 1. The van der Waals surface area contributed by atoms with Gasteiger partial charge in [-0.3, -0.25) is 9.59 Å². The molecule has 1 aliphatic heterocycles. The van der Waals surface area contributed by atoms with Crippen molar-refractivity contribution in [3.05, 3.63) is 48.0 Å². The molecule has 1 aliphatic rings. The van der Waals surface area contributed by atoms with E-state index in [1.54, 1.807) is 25.3 Å². The molecule has 0 aliphatic carbocycles. The highest BCUT2D eigenvalue weighted by molar-refractivity contribution is 5.94. The van der Waals surface area contributed by atoms with Gasteiger partial charge in [-0.25, -0.2) is 0 Å². The van der Waals surface area contributed by atoms with E-state index in [1.165, 1.54) is 11.8 Å². The van der Waals surface area contributed by atoms with Crippen LogP contribution in [0.3, 0.4) is 0 Å². The van der Waals surface area contributed by atoms with Crippen molar-refractivity contribution >= 4 is 17.5 Å². The average Bonchev–Trinajstić information content (AvgIpc) is 3.12. The number of hydrogen-bond acceptors (Lipinski definition) is 5. The molecule has 7 nitrogen and oxygen atoms in total. The topological polar surface area (TPSA) is 77.1 Å². The zero-order chi connectivity index (χ0) is 19.2. The fourth-order valence-corrected chi connectivity index (χ4v) is 2.86.